The third-order valence-corrected chi connectivity index (χ3v) is 5.98. The average molecular weight is 272 g/mol. The molecule has 3 nitrogen and oxygen atoms in total. The molecule has 4 rings (SSSR count). The second kappa shape index (κ2) is 4.64. The molecule has 4 atom stereocenters. The van der Waals surface area contributed by atoms with E-state index in [0.717, 1.165) is 31.3 Å². The molecule has 0 spiro atoms. The lowest BCUT2D eigenvalue weighted by atomic mass is 9.86. The van der Waals surface area contributed by atoms with E-state index in [1.54, 1.807) is 0 Å². The average Bonchev–Trinajstić information content (AvgIpc) is 3.14. The minimum Gasteiger partial charge on any atom is -0.348 e. The first-order valence-electron chi connectivity index (χ1n) is 8.17. The highest BCUT2D eigenvalue weighted by molar-refractivity contribution is 5.77. The Balaban J connectivity index is 1.44. The zero-order chi connectivity index (χ0) is 13.7. The van der Waals surface area contributed by atoms with Gasteiger partial charge in [-0.15, -0.1) is 0 Å². The maximum atomic E-state index is 12.7. The Morgan fingerprint density at radius 3 is 2.95 bits per heavy atom. The Labute approximate surface area is 120 Å². The Kier molecular flexibility index (Phi) is 2.90. The van der Waals surface area contributed by atoms with E-state index >= 15 is 0 Å². The lowest BCUT2D eigenvalue weighted by Gasteiger charge is -2.36. The normalized spacial score (nSPS) is 35.4. The van der Waals surface area contributed by atoms with Gasteiger partial charge in [-0.3, -0.25) is 4.79 Å². The van der Waals surface area contributed by atoms with Gasteiger partial charge in [0.25, 0.3) is 0 Å². The Bertz CT molecular complexity index is 521. The molecule has 108 valence electrons. The lowest BCUT2D eigenvalue weighted by Crippen LogP contribution is -2.41. The van der Waals surface area contributed by atoms with Crippen molar-refractivity contribution in [3.05, 3.63) is 24.0 Å². The number of aromatic nitrogens is 1. The van der Waals surface area contributed by atoms with Gasteiger partial charge in [-0.1, -0.05) is 6.42 Å². The number of nitrogens with zero attached hydrogens (tertiary/aromatic N) is 2. The highest BCUT2D eigenvalue weighted by Gasteiger charge is 2.41. The van der Waals surface area contributed by atoms with Crippen LogP contribution in [0, 0.1) is 17.8 Å². The van der Waals surface area contributed by atoms with Gasteiger partial charge in [0.15, 0.2) is 0 Å². The number of amides is 1. The lowest BCUT2D eigenvalue weighted by molar-refractivity contribution is -0.135. The molecule has 0 aromatic carbocycles. The monoisotopic (exact) mass is 272 g/mol. The van der Waals surface area contributed by atoms with E-state index < -0.39 is 0 Å². The third-order valence-electron chi connectivity index (χ3n) is 5.98. The summed E-state index contributed by atoms with van der Waals surface area (Å²) in [6, 6.07) is 4.49. The molecule has 2 bridgehead atoms. The summed E-state index contributed by atoms with van der Waals surface area (Å²) in [7, 11) is 0. The van der Waals surface area contributed by atoms with Crippen LogP contribution in [0.25, 0.3) is 0 Å². The van der Waals surface area contributed by atoms with E-state index in [2.05, 4.69) is 34.7 Å². The summed E-state index contributed by atoms with van der Waals surface area (Å²) in [5.74, 6) is 2.87. The summed E-state index contributed by atoms with van der Waals surface area (Å²) < 4.78 is 2.28. The maximum absolute atomic E-state index is 12.7. The molecule has 2 fully saturated rings. The fourth-order valence-electron chi connectivity index (χ4n) is 4.89. The molecule has 3 aliphatic rings. The summed E-state index contributed by atoms with van der Waals surface area (Å²) >= 11 is 0. The van der Waals surface area contributed by atoms with Gasteiger partial charge in [-0.25, -0.2) is 0 Å². The molecule has 0 saturated heterocycles. The van der Waals surface area contributed by atoms with Gasteiger partial charge in [-0.2, -0.15) is 0 Å². The fraction of sp³-hybridized carbons (Fsp3) is 0.706. The number of hydrogen-bond donors (Lipinski definition) is 0. The standard InChI is InChI=1S/C17H24N2O/c1-12-16-3-2-6-18(16)7-8-19(12)17(20)11-15-10-13-4-5-14(15)9-13/h2-3,6,12-15H,4-5,7-11H2,1H3/t12-,13+,14+,15+/m1/s1. The number of carbonyl (C=O) groups excluding carboxylic acids is 1. The number of hydrogen-bond acceptors (Lipinski definition) is 1. The van der Waals surface area contributed by atoms with Crippen LogP contribution in [-0.4, -0.2) is 21.9 Å². The molecule has 1 amide bonds. The van der Waals surface area contributed by atoms with Gasteiger partial charge in [0.1, 0.15) is 0 Å². The molecular weight excluding hydrogens is 248 g/mol. The zero-order valence-electron chi connectivity index (χ0n) is 12.3. The van der Waals surface area contributed by atoms with Crippen LogP contribution < -0.4 is 0 Å². The van der Waals surface area contributed by atoms with Crippen molar-refractivity contribution in [3.8, 4) is 0 Å². The highest BCUT2D eigenvalue weighted by Crippen LogP contribution is 2.49. The van der Waals surface area contributed by atoms with E-state index in [4.69, 9.17) is 0 Å². The molecule has 20 heavy (non-hydrogen) atoms. The van der Waals surface area contributed by atoms with Crippen LogP contribution in [0.3, 0.4) is 0 Å². The minimum atomic E-state index is 0.241. The highest BCUT2D eigenvalue weighted by atomic mass is 16.2. The van der Waals surface area contributed by atoms with Crippen molar-refractivity contribution in [1.82, 2.24) is 9.47 Å². The number of rotatable bonds is 2. The molecule has 2 aliphatic carbocycles. The molecule has 1 aromatic heterocycles. The Hall–Kier alpha value is -1.25. The maximum Gasteiger partial charge on any atom is 0.223 e. The van der Waals surface area contributed by atoms with E-state index in [0.29, 0.717) is 11.8 Å². The van der Waals surface area contributed by atoms with Crippen molar-refractivity contribution in [2.24, 2.45) is 17.8 Å². The van der Waals surface area contributed by atoms with E-state index in [9.17, 15) is 4.79 Å². The second-order valence-corrected chi connectivity index (χ2v) is 7.03. The largest absolute Gasteiger partial charge is 0.348 e. The number of carbonyl (C=O) groups is 1. The van der Waals surface area contributed by atoms with Gasteiger partial charge >= 0.3 is 0 Å². The molecule has 2 heterocycles. The van der Waals surface area contributed by atoms with Crippen LogP contribution in [-0.2, 0) is 11.3 Å². The molecule has 2 saturated carbocycles. The van der Waals surface area contributed by atoms with Crippen LogP contribution in [0.1, 0.15) is 50.8 Å². The van der Waals surface area contributed by atoms with E-state index in [-0.39, 0.29) is 6.04 Å². The molecule has 1 aromatic rings. The third kappa shape index (κ3) is 1.90. The quantitative estimate of drug-likeness (QED) is 0.811. The van der Waals surface area contributed by atoms with Crippen molar-refractivity contribution in [2.45, 2.75) is 51.6 Å². The summed E-state index contributed by atoms with van der Waals surface area (Å²) in [5.41, 5.74) is 1.29. The van der Waals surface area contributed by atoms with Gasteiger partial charge in [0.2, 0.25) is 5.91 Å². The first kappa shape index (κ1) is 12.5. The van der Waals surface area contributed by atoms with Crippen molar-refractivity contribution in [2.75, 3.05) is 6.54 Å². The smallest absolute Gasteiger partial charge is 0.223 e. The summed E-state index contributed by atoms with van der Waals surface area (Å²) in [5, 5.41) is 0. The Morgan fingerprint density at radius 2 is 2.20 bits per heavy atom. The van der Waals surface area contributed by atoms with E-state index in [1.807, 2.05) is 0 Å². The van der Waals surface area contributed by atoms with Crippen LogP contribution in [0.2, 0.25) is 0 Å². The molecular formula is C17H24N2O. The van der Waals surface area contributed by atoms with Crippen molar-refractivity contribution < 1.29 is 4.79 Å². The zero-order valence-corrected chi connectivity index (χ0v) is 12.3. The predicted octanol–water partition coefficient (Wildman–Crippen LogP) is 3.22. The minimum absolute atomic E-state index is 0.241. The topological polar surface area (TPSA) is 25.2 Å². The van der Waals surface area contributed by atoms with Crippen LogP contribution in [0.15, 0.2) is 18.3 Å². The summed E-state index contributed by atoms with van der Waals surface area (Å²) in [6.07, 6.45) is 8.44. The van der Waals surface area contributed by atoms with Crippen LogP contribution in [0.4, 0.5) is 0 Å². The van der Waals surface area contributed by atoms with Crippen molar-refractivity contribution >= 4 is 5.91 Å². The molecule has 0 radical (unpaired) electrons. The van der Waals surface area contributed by atoms with Gasteiger partial charge < -0.3 is 9.47 Å². The molecule has 0 unspecified atom stereocenters. The van der Waals surface area contributed by atoms with Gasteiger partial charge in [0.05, 0.1) is 6.04 Å². The Morgan fingerprint density at radius 1 is 1.30 bits per heavy atom. The van der Waals surface area contributed by atoms with Crippen molar-refractivity contribution in [1.29, 1.82) is 0 Å². The molecule has 3 heteroatoms. The van der Waals surface area contributed by atoms with E-state index in [1.165, 1.54) is 31.4 Å². The molecule has 1 aliphatic heterocycles. The van der Waals surface area contributed by atoms with Crippen LogP contribution in [0.5, 0.6) is 0 Å². The summed E-state index contributed by atoms with van der Waals surface area (Å²) in [4.78, 5) is 14.8. The summed E-state index contributed by atoms with van der Waals surface area (Å²) in [6.45, 7) is 4.00. The SMILES string of the molecule is C[C@@H]1c2cccn2CCN1C(=O)C[C@@H]1C[C@H]2CC[C@H]1C2. The van der Waals surface area contributed by atoms with Crippen molar-refractivity contribution in [3.63, 3.8) is 0 Å². The predicted molar refractivity (Wildman–Crippen MR) is 78.1 cm³/mol. The second-order valence-electron chi connectivity index (χ2n) is 7.03. The first-order valence-corrected chi connectivity index (χ1v) is 8.17. The van der Waals surface area contributed by atoms with Gasteiger partial charge in [-0.05, 0) is 56.1 Å². The first-order chi connectivity index (χ1) is 9.72. The fourth-order valence-corrected chi connectivity index (χ4v) is 4.89. The van der Waals surface area contributed by atoms with Crippen LogP contribution >= 0.6 is 0 Å². The van der Waals surface area contributed by atoms with Gasteiger partial charge in [0, 0.05) is 31.4 Å². The number of fused-ring (bicyclic) bond motifs is 3. The molecule has 0 N–H and O–H groups in total.